The summed E-state index contributed by atoms with van der Waals surface area (Å²) >= 11 is 0. The second-order valence-electron chi connectivity index (χ2n) is 5.96. The molecule has 0 aromatic rings. The quantitative estimate of drug-likeness (QED) is 0.837. The molecule has 1 unspecified atom stereocenters. The largest absolute Gasteiger partial charge is 0.341 e. The van der Waals surface area contributed by atoms with Gasteiger partial charge in [-0.3, -0.25) is 4.79 Å². The molecule has 1 saturated carbocycles. The first-order chi connectivity index (χ1) is 8.77. The lowest BCUT2D eigenvalue weighted by atomic mass is 9.96. The minimum Gasteiger partial charge on any atom is -0.341 e. The van der Waals surface area contributed by atoms with Gasteiger partial charge in [-0.2, -0.15) is 0 Å². The van der Waals surface area contributed by atoms with Crippen LogP contribution < -0.4 is 5.32 Å². The van der Waals surface area contributed by atoms with Gasteiger partial charge in [-0.05, 0) is 32.6 Å². The first kappa shape index (κ1) is 13.9. The van der Waals surface area contributed by atoms with Crippen LogP contribution in [0.4, 0.5) is 0 Å². The van der Waals surface area contributed by atoms with Crippen LogP contribution in [-0.2, 0) is 4.79 Å². The second-order valence-corrected chi connectivity index (χ2v) is 5.96. The van der Waals surface area contributed by atoms with Crippen molar-refractivity contribution in [2.75, 3.05) is 13.1 Å². The zero-order valence-electron chi connectivity index (χ0n) is 11.8. The monoisotopic (exact) mass is 252 g/mol. The van der Waals surface area contributed by atoms with Crippen LogP contribution >= 0.6 is 0 Å². The molecule has 0 spiro atoms. The number of likely N-dealkylation sites (tertiary alicyclic amines) is 1. The summed E-state index contributed by atoms with van der Waals surface area (Å²) in [5.74, 6) is 0.314. The van der Waals surface area contributed by atoms with E-state index >= 15 is 0 Å². The molecule has 104 valence electrons. The molecule has 0 bridgehead atoms. The van der Waals surface area contributed by atoms with Crippen LogP contribution in [0.1, 0.15) is 64.7 Å². The third kappa shape index (κ3) is 3.98. The zero-order chi connectivity index (χ0) is 12.8. The van der Waals surface area contributed by atoms with Gasteiger partial charge in [0.1, 0.15) is 0 Å². The lowest BCUT2D eigenvalue weighted by molar-refractivity contribution is -0.132. The van der Waals surface area contributed by atoms with Crippen LogP contribution in [0.5, 0.6) is 0 Å². The second kappa shape index (κ2) is 7.13. The molecule has 1 atom stereocenters. The van der Waals surface area contributed by atoms with Gasteiger partial charge in [0.05, 0.1) is 6.04 Å². The van der Waals surface area contributed by atoms with Gasteiger partial charge >= 0.3 is 0 Å². The lowest BCUT2D eigenvalue weighted by Crippen LogP contribution is -2.47. The molecule has 18 heavy (non-hydrogen) atoms. The maximum absolute atomic E-state index is 12.2. The Morgan fingerprint density at radius 1 is 1.00 bits per heavy atom. The average Bonchev–Trinajstić information content (AvgIpc) is 2.85. The Hall–Kier alpha value is -0.570. The summed E-state index contributed by atoms with van der Waals surface area (Å²) in [6.07, 6.45) is 11.6. The molecule has 0 radical (unpaired) electrons. The van der Waals surface area contributed by atoms with E-state index in [1.54, 1.807) is 0 Å². The smallest absolute Gasteiger partial charge is 0.239 e. The van der Waals surface area contributed by atoms with Crippen molar-refractivity contribution in [3.8, 4) is 0 Å². The van der Waals surface area contributed by atoms with Crippen molar-refractivity contribution in [2.45, 2.75) is 76.8 Å². The number of hydrogen-bond acceptors (Lipinski definition) is 2. The van der Waals surface area contributed by atoms with Crippen molar-refractivity contribution in [1.82, 2.24) is 10.2 Å². The molecule has 2 aliphatic rings. The highest BCUT2D eigenvalue weighted by molar-refractivity contribution is 5.81. The molecular formula is C15H28N2O. The van der Waals surface area contributed by atoms with Crippen LogP contribution in [0, 0.1) is 0 Å². The predicted octanol–water partition coefficient (Wildman–Crippen LogP) is 2.70. The van der Waals surface area contributed by atoms with E-state index in [1.165, 1.54) is 57.8 Å². The molecule has 1 aliphatic heterocycles. The molecule has 0 aromatic carbocycles. The van der Waals surface area contributed by atoms with E-state index in [0.29, 0.717) is 11.9 Å². The van der Waals surface area contributed by atoms with E-state index in [1.807, 2.05) is 11.8 Å². The highest BCUT2D eigenvalue weighted by atomic mass is 16.2. The first-order valence-corrected chi connectivity index (χ1v) is 7.82. The number of carbonyl (C=O) groups is 1. The predicted molar refractivity (Wildman–Crippen MR) is 74.5 cm³/mol. The minimum atomic E-state index is 0.00697. The van der Waals surface area contributed by atoms with Crippen LogP contribution in [-0.4, -0.2) is 36.0 Å². The maximum atomic E-state index is 12.2. The number of hydrogen-bond donors (Lipinski definition) is 1. The van der Waals surface area contributed by atoms with Crippen LogP contribution in [0.25, 0.3) is 0 Å². The summed E-state index contributed by atoms with van der Waals surface area (Å²) in [5, 5.41) is 3.57. The number of nitrogens with one attached hydrogen (secondary N) is 1. The summed E-state index contributed by atoms with van der Waals surface area (Å²) in [7, 11) is 0. The third-order valence-electron chi connectivity index (χ3n) is 4.38. The molecule has 1 N–H and O–H groups in total. The molecule has 3 heteroatoms. The Morgan fingerprint density at radius 3 is 2.17 bits per heavy atom. The fourth-order valence-electron chi connectivity index (χ4n) is 3.26. The zero-order valence-corrected chi connectivity index (χ0v) is 11.8. The van der Waals surface area contributed by atoms with E-state index in [4.69, 9.17) is 0 Å². The van der Waals surface area contributed by atoms with Crippen molar-refractivity contribution in [3.05, 3.63) is 0 Å². The Labute approximate surface area is 111 Å². The third-order valence-corrected chi connectivity index (χ3v) is 4.38. The minimum absolute atomic E-state index is 0.00697. The molecule has 2 fully saturated rings. The Kier molecular flexibility index (Phi) is 5.48. The van der Waals surface area contributed by atoms with Crippen LogP contribution in [0.3, 0.4) is 0 Å². The normalized spacial score (nSPS) is 24.6. The molecular weight excluding hydrogens is 224 g/mol. The van der Waals surface area contributed by atoms with E-state index in [-0.39, 0.29) is 6.04 Å². The molecule has 0 aromatic heterocycles. The fraction of sp³-hybridized carbons (Fsp3) is 0.933. The topological polar surface area (TPSA) is 32.3 Å². The Balaban J connectivity index is 1.77. The van der Waals surface area contributed by atoms with Gasteiger partial charge in [0.25, 0.3) is 0 Å². The van der Waals surface area contributed by atoms with E-state index in [9.17, 15) is 4.79 Å². The summed E-state index contributed by atoms with van der Waals surface area (Å²) < 4.78 is 0. The molecule has 2 rings (SSSR count). The molecule has 1 amide bonds. The number of nitrogens with zero attached hydrogens (tertiary/aromatic N) is 1. The van der Waals surface area contributed by atoms with Crippen molar-refractivity contribution in [3.63, 3.8) is 0 Å². The van der Waals surface area contributed by atoms with Gasteiger partial charge in [-0.1, -0.05) is 32.1 Å². The van der Waals surface area contributed by atoms with E-state index in [2.05, 4.69) is 5.32 Å². The summed E-state index contributed by atoms with van der Waals surface area (Å²) in [6, 6.07) is 0.569. The average molecular weight is 252 g/mol. The highest BCUT2D eigenvalue weighted by Gasteiger charge is 2.24. The SMILES string of the molecule is CC(NC1CCCCCCC1)C(=O)N1CCCC1. The Bertz CT molecular complexity index is 253. The van der Waals surface area contributed by atoms with Gasteiger partial charge < -0.3 is 10.2 Å². The molecule has 1 heterocycles. The molecule has 3 nitrogen and oxygen atoms in total. The van der Waals surface area contributed by atoms with Gasteiger partial charge in [0.15, 0.2) is 0 Å². The number of carbonyl (C=O) groups excluding carboxylic acids is 1. The summed E-state index contributed by atoms with van der Waals surface area (Å²) in [6.45, 7) is 3.98. The van der Waals surface area contributed by atoms with Gasteiger partial charge in [0.2, 0.25) is 5.91 Å². The molecule has 1 aliphatic carbocycles. The van der Waals surface area contributed by atoms with Gasteiger partial charge in [-0.25, -0.2) is 0 Å². The Morgan fingerprint density at radius 2 is 1.56 bits per heavy atom. The fourth-order valence-corrected chi connectivity index (χ4v) is 3.26. The first-order valence-electron chi connectivity index (χ1n) is 7.82. The van der Waals surface area contributed by atoms with Crippen molar-refractivity contribution >= 4 is 5.91 Å². The van der Waals surface area contributed by atoms with Gasteiger partial charge in [0, 0.05) is 19.1 Å². The molecule has 1 saturated heterocycles. The standard InChI is InChI=1S/C15H28N2O/c1-13(15(18)17-11-7-8-12-17)16-14-9-5-3-2-4-6-10-14/h13-14,16H,2-12H2,1H3. The van der Waals surface area contributed by atoms with Crippen molar-refractivity contribution < 1.29 is 4.79 Å². The summed E-state index contributed by atoms with van der Waals surface area (Å²) in [4.78, 5) is 14.3. The maximum Gasteiger partial charge on any atom is 0.239 e. The van der Waals surface area contributed by atoms with Crippen molar-refractivity contribution in [2.24, 2.45) is 0 Å². The highest BCUT2D eigenvalue weighted by Crippen LogP contribution is 2.18. The van der Waals surface area contributed by atoms with Crippen LogP contribution in [0.15, 0.2) is 0 Å². The van der Waals surface area contributed by atoms with E-state index in [0.717, 1.165) is 13.1 Å². The summed E-state index contributed by atoms with van der Waals surface area (Å²) in [5.41, 5.74) is 0. The number of amides is 1. The van der Waals surface area contributed by atoms with Crippen LogP contribution in [0.2, 0.25) is 0 Å². The van der Waals surface area contributed by atoms with Gasteiger partial charge in [-0.15, -0.1) is 0 Å². The van der Waals surface area contributed by atoms with Crippen molar-refractivity contribution in [1.29, 1.82) is 0 Å². The lowest BCUT2D eigenvalue weighted by Gasteiger charge is -2.27. The van der Waals surface area contributed by atoms with E-state index < -0.39 is 0 Å². The number of rotatable bonds is 3.